The Morgan fingerprint density at radius 2 is 2.08 bits per heavy atom. The summed E-state index contributed by atoms with van der Waals surface area (Å²) in [7, 11) is 0. The summed E-state index contributed by atoms with van der Waals surface area (Å²) >= 11 is 0. The zero-order chi connectivity index (χ0) is 9.84. The molecule has 1 heterocycles. The van der Waals surface area contributed by atoms with Crippen LogP contribution in [-0.4, -0.2) is 16.0 Å². The number of rotatable bonds is 3. The maximum absolute atomic E-state index is 11.5. The lowest BCUT2D eigenvalue weighted by atomic mass is 10.1. The summed E-state index contributed by atoms with van der Waals surface area (Å²) in [5.74, 6) is 0.165. The summed E-state index contributed by atoms with van der Waals surface area (Å²) in [6.45, 7) is 5.65. The number of ketones is 1. The van der Waals surface area contributed by atoms with Crippen molar-refractivity contribution in [3.05, 3.63) is 23.0 Å². The van der Waals surface area contributed by atoms with Gasteiger partial charge in [0, 0.05) is 12.0 Å². The minimum atomic E-state index is 0.165. The van der Waals surface area contributed by atoms with Crippen molar-refractivity contribution in [2.45, 2.75) is 33.6 Å². The molecule has 13 heavy (non-hydrogen) atoms. The molecular weight excluding hydrogens is 164 g/mol. The molecule has 0 aliphatic rings. The Kier molecular flexibility index (Phi) is 3.12. The van der Waals surface area contributed by atoms with Crippen LogP contribution in [0.3, 0.4) is 0 Å². The van der Waals surface area contributed by atoms with Crippen molar-refractivity contribution in [2.75, 3.05) is 0 Å². The molecule has 1 aromatic rings. The molecule has 0 aliphatic heterocycles. The van der Waals surface area contributed by atoms with Gasteiger partial charge in [0.15, 0.2) is 5.78 Å². The fourth-order valence-corrected chi connectivity index (χ4v) is 1.19. The van der Waals surface area contributed by atoms with E-state index in [0.29, 0.717) is 12.0 Å². The molecule has 0 saturated heterocycles. The largest absolute Gasteiger partial charge is 0.294 e. The van der Waals surface area contributed by atoms with Gasteiger partial charge in [0.25, 0.3) is 0 Å². The molecule has 0 amide bonds. The zero-order valence-electron chi connectivity index (χ0n) is 8.29. The van der Waals surface area contributed by atoms with E-state index in [1.165, 1.54) is 0 Å². The number of nitrogens with zero attached hydrogens (tertiary/aromatic N) is 2. The van der Waals surface area contributed by atoms with E-state index in [0.717, 1.165) is 17.8 Å². The van der Waals surface area contributed by atoms with Crippen molar-refractivity contribution >= 4 is 5.78 Å². The Bertz CT molecular complexity index is 321. The Morgan fingerprint density at radius 1 is 1.38 bits per heavy atom. The molecule has 0 N–H and O–H groups in total. The van der Waals surface area contributed by atoms with Crippen molar-refractivity contribution in [3.8, 4) is 0 Å². The average Bonchev–Trinajstić information content (AvgIpc) is 2.09. The SMILES string of the molecule is CCCC(=O)c1cc(C)nnc1C. The van der Waals surface area contributed by atoms with Crippen LogP contribution in [0.2, 0.25) is 0 Å². The number of hydrogen-bond donors (Lipinski definition) is 0. The summed E-state index contributed by atoms with van der Waals surface area (Å²) in [5, 5.41) is 7.79. The molecule has 3 heteroatoms. The molecule has 0 saturated carbocycles. The van der Waals surface area contributed by atoms with Gasteiger partial charge in [-0.05, 0) is 26.3 Å². The predicted octanol–water partition coefficient (Wildman–Crippen LogP) is 2.08. The zero-order valence-corrected chi connectivity index (χ0v) is 8.29. The van der Waals surface area contributed by atoms with Gasteiger partial charge < -0.3 is 0 Å². The van der Waals surface area contributed by atoms with Gasteiger partial charge in [-0.2, -0.15) is 10.2 Å². The van der Waals surface area contributed by atoms with Crippen LogP contribution < -0.4 is 0 Å². The first-order valence-corrected chi connectivity index (χ1v) is 4.49. The summed E-state index contributed by atoms with van der Waals surface area (Å²) in [6, 6.07) is 1.81. The van der Waals surface area contributed by atoms with E-state index in [1.54, 1.807) is 6.07 Å². The van der Waals surface area contributed by atoms with Crippen molar-refractivity contribution in [1.82, 2.24) is 10.2 Å². The highest BCUT2D eigenvalue weighted by atomic mass is 16.1. The number of aryl methyl sites for hydroxylation is 2. The highest BCUT2D eigenvalue weighted by molar-refractivity contribution is 5.96. The molecule has 3 nitrogen and oxygen atoms in total. The van der Waals surface area contributed by atoms with E-state index in [1.807, 2.05) is 20.8 Å². The second kappa shape index (κ2) is 4.12. The minimum absolute atomic E-state index is 0.165. The van der Waals surface area contributed by atoms with Crippen LogP contribution in [0.25, 0.3) is 0 Å². The Balaban J connectivity index is 2.99. The molecule has 0 fully saturated rings. The number of carbonyl (C=O) groups is 1. The van der Waals surface area contributed by atoms with Gasteiger partial charge in [-0.15, -0.1) is 0 Å². The summed E-state index contributed by atoms with van der Waals surface area (Å²) in [6.07, 6.45) is 1.46. The fraction of sp³-hybridized carbons (Fsp3) is 0.500. The first-order valence-electron chi connectivity index (χ1n) is 4.49. The maximum Gasteiger partial charge on any atom is 0.164 e. The van der Waals surface area contributed by atoms with Crippen LogP contribution in [0.5, 0.6) is 0 Å². The lowest BCUT2D eigenvalue weighted by Gasteiger charge is -2.02. The van der Waals surface area contributed by atoms with Crippen LogP contribution in [0.4, 0.5) is 0 Å². The van der Waals surface area contributed by atoms with Crippen molar-refractivity contribution in [3.63, 3.8) is 0 Å². The van der Waals surface area contributed by atoms with Crippen LogP contribution in [0, 0.1) is 13.8 Å². The topological polar surface area (TPSA) is 42.9 Å². The third-order valence-electron chi connectivity index (χ3n) is 1.88. The second-order valence-corrected chi connectivity index (χ2v) is 3.16. The summed E-state index contributed by atoms with van der Waals surface area (Å²) in [5.41, 5.74) is 2.24. The van der Waals surface area contributed by atoms with E-state index < -0.39 is 0 Å². The van der Waals surface area contributed by atoms with E-state index in [4.69, 9.17) is 0 Å². The lowest BCUT2D eigenvalue weighted by molar-refractivity contribution is 0.0980. The molecule has 0 spiro atoms. The van der Waals surface area contributed by atoms with Gasteiger partial charge in [-0.1, -0.05) is 6.92 Å². The molecule has 0 unspecified atom stereocenters. The predicted molar refractivity (Wildman–Crippen MR) is 50.7 cm³/mol. The van der Waals surface area contributed by atoms with Gasteiger partial charge >= 0.3 is 0 Å². The minimum Gasteiger partial charge on any atom is -0.294 e. The van der Waals surface area contributed by atoms with Crippen molar-refractivity contribution in [1.29, 1.82) is 0 Å². The summed E-state index contributed by atoms with van der Waals surface area (Å²) < 4.78 is 0. The van der Waals surface area contributed by atoms with Crippen LogP contribution in [0.15, 0.2) is 6.07 Å². The van der Waals surface area contributed by atoms with E-state index in [2.05, 4.69) is 10.2 Å². The Hall–Kier alpha value is -1.25. The molecular formula is C10H14N2O. The quantitative estimate of drug-likeness (QED) is 0.665. The molecule has 0 aromatic carbocycles. The van der Waals surface area contributed by atoms with E-state index in [9.17, 15) is 4.79 Å². The van der Waals surface area contributed by atoms with Crippen molar-refractivity contribution < 1.29 is 4.79 Å². The standard InChI is InChI=1S/C10H14N2O/c1-4-5-10(13)9-6-7(2)11-12-8(9)3/h6H,4-5H2,1-3H3. The lowest BCUT2D eigenvalue weighted by Crippen LogP contribution is -2.05. The highest BCUT2D eigenvalue weighted by Crippen LogP contribution is 2.09. The molecule has 1 aromatic heterocycles. The van der Waals surface area contributed by atoms with E-state index in [-0.39, 0.29) is 5.78 Å². The van der Waals surface area contributed by atoms with Crippen LogP contribution >= 0.6 is 0 Å². The Labute approximate surface area is 78.2 Å². The maximum atomic E-state index is 11.5. The molecule has 0 bridgehead atoms. The summed E-state index contributed by atoms with van der Waals surface area (Å²) in [4.78, 5) is 11.5. The van der Waals surface area contributed by atoms with Gasteiger partial charge in [0.2, 0.25) is 0 Å². The number of aromatic nitrogens is 2. The molecule has 0 radical (unpaired) electrons. The first kappa shape index (κ1) is 9.84. The third-order valence-corrected chi connectivity index (χ3v) is 1.88. The molecule has 0 atom stereocenters. The molecule has 0 aliphatic carbocycles. The van der Waals surface area contributed by atoms with Crippen molar-refractivity contribution in [2.24, 2.45) is 0 Å². The van der Waals surface area contributed by atoms with E-state index >= 15 is 0 Å². The Morgan fingerprint density at radius 3 is 2.69 bits per heavy atom. The number of carbonyl (C=O) groups excluding carboxylic acids is 1. The van der Waals surface area contributed by atoms with Crippen LogP contribution in [0.1, 0.15) is 41.5 Å². The van der Waals surface area contributed by atoms with Gasteiger partial charge in [0.05, 0.1) is 11.4 Å². The monoisotopic (exact) mass is 178 g/mol. The normalized spacial score (nSPS) is 10.1. The molecule has 70 valence electrons. The third kappa shape index (κ3) is 2.34. The smallest absolute Gasteiger partial charge is 0.164 e. The number of Topliss-reactive ketones (excluding diaryl/α,β-unsaturated/α-hetero) is 1. The fourth-order valence-electron chi connectivity index (χ4n) is 1.19. The van der Waals surface area contributed by atoms with Gasteiger partial charge in [-0.3, -0.25) is 4.79 Å². The highest BCUT2D eigenvalue weighted by Gasteiger charge is 2.09. The molecule has 1 rings (SSSR count). The number of hydrogen-bond acceptors (Lipinski definition) is 3. The second-order valence-electron chi connectivity index (χ2n) is 3.16. The van der Waals surface area contributed by atoms with Gasteiger partial charge in [-0.25, -0.2) is 0 Å². The first-order chi connectivity index (χ1) is 6.15. The van der Waals surface area contributed by atoms with Crippen LogP contribution in [-0.2, 0) is 0 Å². The van der Waals surface area contributed by atoms with Gasteiger partial charge in [0.1, 0.15) is 0 Å². The average molecular weight is 178 g/mol.